The summed E-state index contributed by atoms with van der Waals surface area (Å²) in [6, 6.07) is 0.522. The van der Waals surface area contributed by atoms with E-state index in [0.717, 1.165) is 13.0 Å². The molecule has 0 spiro atoms. The molecule has 2 aliphatic rings. The van der Waals surface area contributed by atoms with Crippen molar-refractivity contribution < 1.29 is 4.74 Å². The van der Waals surface area contributed by atoms with Gasteiger partial charge in [0, 0.05) is 18.0 Å². The minimum Gasteiger partial charge on any atom is -0.374 e. The van der Waals surface area contributed by atoms with Crippen LogP contribution in [0.2, 0.25) is 0 Å². The Morgan fingerprint density at radius 3 is 2.76 bits per heavy atom. The van der Waals surface area contributed by atoms with Crippen molar-refractivity contribution in [3.8, 4) is 0 Å². The van der Waals surface area contributed by atoms with Gasteiger partial charge in [-0.2, -0.15) is 0 Å². The summed E-state index contributed by atoms with van der Waals surface area (Å²) in [6.07, 6.45) is 10.6. The van der Waals surface area contributed by atoms with Gasteiger partial charge in [-0.1, -0.05) is 26.2 Å². The first-order valence-corrected chi connectivity index (χ1v) is 9.40. The number of fused-ring (bicyclic) bond motifs is 1. The molecule has 0 amide bonds. The van der Waals surface area contributed by atoms with Crippen LogP contribution < -0.4 is 5.32 Å². The summed E-state index contributed by atoms with van der Waals surface area (Å²) >= 11 is 1.91. The van der Waals surface area contributed by atoms with E-state index in [9.17, 15) is 0 Å². The molecule has 1 fully saturated rings. The SMILES string of the molecule is CCNC1CCCc2nc(C(OC)C3CCCCC3)sc21. The summed E-state index contributed by atoms with van der Waals surface area (Å²) in [7, 11) is 1.86. The molecule has 2 aliphatic carbocycles. The van der Waals surface area contributed by atoms with Gasteiger partial charge in [-0.25, -0.2) is 4.98 Å². The Kier molecular flexibility index (Phi) is 5.30. The van der Waals surface area contributed by atoms with Crippen LogP contribution in [0.4, 0.5) is 0 Å². The maximum atomic E-state index is 5.88. The second-order valence-electron chi connectivity index (χ2n) is 6.42. The Bertz CT molecular complexity index is 454. The minimum absolute atomic E-state index is 0.225. The topological polar surface area (TPSA) is 34.2 Å². The van der Waals surface area contributed by atoms with Crippen LogP contribution in [0.25, 0.3) is 0 Å². The Morgan fingerprint density at radius 2 is 2.05 bits per heavy atom. The standard InChI is InChI=1S/C17H28N2OS/c1-3-18-13-10-7-11-14-16(13)21-17(19-14)15(20-2)12-8-5-4-6-9-12/h12-13,15,18H,3-11H2,1-2H3. The summed E-state index contributed by atoms with van der Waals surface area (Å²) in [5.41, 5.74) is 1.34. The molecule has 1 N–H and O–H groups in total. The maximum absolute atomic E-state index is 5.88. The predicted octanol–water partition coefficient (Wildman–Crippen LogP) is 4.40. The molecule has 0 aromatic carbocycles. The number of methoxy groups -OCH3 is 1. The predicted molar refractivity (Wildman–Crippen MR) is 87.8 cm³/mol. The molecule has 1 aromatic heterocycles. The van der Waals surface area contributed by atoms with Crippen molar-refractivity contribution in [2.75, 3.05) is 13.7 Å². The van der Waals surface area contributed by atoms with Crippen LogP contribution in [-0.4, -0.2) is 18.6 Å². The molecule has 3 nitrogen and oxygen atoms in total. The Labute approximate surface area is 132 Å². The van der Waals surface area contributed by atoms with Gasteiger partial charge in [0.2, 0.25) is 0 Å². The highest BCUT2D eigenvalue weighted by atomic mass is 32.1. The van der Waals surface area contributed by atoms with Gasteiger partial charge in [0.15, 0.2) is 0 Å². The van der Waals surface area contributed by atoms with E-state index in [1.54, 1.807) is 0 Å². The van der Waals surface area contributed by atoms with Crippen LogP contribution in [0.5, 0.6) is 0 Å². The van der Waals surface area contributed by atoms with Gasteiger partial charge in [0.25, 0.3) is 0 Å². The third-order valence-corrected chi connectivity index (χ3v) is 6.27. The Balaban J connectivity index is 1.81. The lowest BCUT2D eigenvalue weighted by Gasteiger charge is -2.27. The maximum Gasteiger partial charge on any atom is 0.122 e. The zero-order valence-electron chi connectivity index (χ0n) is 13.4. The quantitative estimate of drug-likeness (QED) is 0.875. The van der Waals surface area contributed by atoms with Crippen molar-refractivity contribution in [2.45, 2.75) is 70.4 Å². The molecule has 1 saturated carbocycles. The van der Waals surface area contributed by atoms with Crippen molar-refractivity contribution in [3.05, 3.63) is 15.6 Å². The third kappa shape index (κ3) is 3.33. The van der Waals surface area contributed by atoms with Crippen molar-refractivity contribution in [3.63, 3.8) is 0 Å². The number of aromatic nitrogens is 1. The van der Waals surface area contributed by atoms with Gasteiger partial charge in [0.05, 0.1) is 5.69 Å². The van der Waals surface area contributed by atoms with E-state index in [0.29, 0.717) is 12.0 Å². The Morgan fingerprint density at radius 1 is 1.24 bits per heavy atom. The van der Waals surface area contributed by atoms with E-state index in [2.05, 4.69) is 12.2 Å². The van der Waals surface area contributed by atoms with Gasteiger partial charge >= 0.3 is 0 Å². The van der Waals surface area contributed by atoms with Crippen molar-refractivity contribution in [1.29, 1.82) is 0 Å². The molecule has 0 bridgehead atoms. The summed E-state index contributed by atoms with van der Waals surface area (Å²) in [4.78, 5) is 6.47. The molecule has 118 valence electrons. The van der Waals surface area contributed by atoms with Gasteiger partial charge in [-0.05, 0) is 44.6 Å². The molecule has 1 aromatic rings. The van der Waals surface area contributed by atoms with E-state index in [1.807, 2.05) is 18.4 Å². The lowest BCUT2D eigenvalue weighted by atomic mass is 9.85. The first kappa shape index (κ1) is 15.4. The fourth-order valence-electron chi connectivity index (χ4n) is 3.93. The lowest BCUT2D eigenvalue weighted by Crippen LogP contribution is -2.23. The molecule has 2 unspecified atom stereocenters. The zero-order valence-corrected chi connectivity index (χ0v) is 14.2. The van der Waals surface area contributed by atoms with Crippen LogP contribution in [0.3, 0.4) is 0 Å². The van der Waals surface area contributed by atoms with Crippen molar-refractivity contribution in [2.24, 2.45) is 5.92 Å². The highest BCUT2D eigenvalue weighted by molar-refractivity contribution is 7.11. The molecule has 4 heteroatoms. The first-order chi connectivity index (χ1) is 10.3. The Hall–Kier alpha value is -0.450. The fraction of sp³-hybridized carbons (Fsp3) is 0.824. The van der Waals surface area contributed by atoms with E-state index in [4.69, 9.17) is 9.72 Å². The van der Waals surface area contributed by atoms with Crippen LogP contribution in [-0.2, 0) is 11.2 Å². The largest absolute Gasteiger partial charge is 0.374 e. The minimum atomic E-state index is 0.225. The van der Waals surface area contributed by atoms with E-state index in [-0.39, 0.29) is 6.10 Å². The molecule has 0 radical (unpaired) electrons. The number of ether oxygens (including phenoxy) is 1. The van der Waals surface area contributed by atoms with Gasteiger partial charge < -0.3 is 10.1 Å². The molecule has 2 atom stereocenters. The summed E-state index contributed by atoms with van der Waals surface area (Å²) in [5.74, 6) is 0.675. The van der Waals surface area contributed by atoms with Gasteiger partial charge in [-0.3, -0.25) is 0 Å². The highest BCUT2D eigenvalue weighted by Gasteiger charge is 2.31. The second-order valence-corrected chi connectivity index (χ2v) is 7.48. The number of hydrogen-bond acceptors (Lipinski definition) is 4. The van der Waals surface area contributed by atoms with Crippen molar-refractivity contribution in [1.82, 2.24) is 10.3 Å². The molecule has 3 rings (SSSR count). The number of nitrogens with zero attached hydrogens (tertiary/aromatic N) is 1. The highest BCUT2D eigenvalue weighted by Crippen LogP contribution is 2.42. The van der Waals surface area contributed by atoms with Gasteiger partial charge in [-0.15, -0.1) is 11.3 Å². The number of hydrogen-bond donors (Lipinski definition) is 1. The average Bonchev–Trinajstić information content (AvgIpc) is 2.94. The average molecular weight is 308 g/mol. The number of aryl methyl sites for hydroxylation is 1. The van der Waals surface area contributed by atoms with Crippen molar-refractivity contribution >= 4 is 11.3 Å². The molecular weight excluding hydrogens is 280 g/mol. The smallest absolute Gasteiger partial charge is 0.122 e. The van der Waals surface area contributed by atoms with Crippen LogP contribution >= 0.6 is 11.3 Å². The van der Waals surface area contributed by atoms with E-state index < -0.39 is 0 Å². The molecule has 21 heavy (non-hydrogen) atoms. The zero-order chi connectivity index (χ0) is 14.7. The van der Waals surface area contributed by atoms with Crippen LogP contribution in [0.1, 0.15) is 79.6 Å². The first-order valence-electron chi connectivity index (χ1n) is 8.59. The monoisotopic (exact) mass is 308 g/mol. The summed E-state index contributed by atoms with van der Waals surface area (Å²) in [6.45, 7) is 3.23. The molecule has 1 heterocycles. The summed E-state index contributed by atoms with van der Waals surface area (Å²) < 4.78 is 5.88. The molecule has 0 aliphatic heterocycles. The number of nitrogens with one attached hydrogen (secondary N) is 1. The number of rotatable bonds is 5. The normalized spacial score (nSPS) is 24.8. The third-order valence-electron chi connectivity index (χ3n) is 4.99. The van der Waals surface area contributed by atoms with Gasteiger partial charge in [0.1, 0.15) is 11.1 Å². The van der Waals surface area contributed by atoms with Crippen LogP contribution in [0.15, 0.2) is 0 Å². The van der Waals surface area contributed by atoms with E-state index >= 15 is 0 Å². The number of thiazole rings is 1. The lowest BCUT2D eigenvalue weighted by molar-refractivity contribution is 0.0351. The molecular formula is C17H28N2OS. The molecule has 0 saturated heterocycles. The fourth-order valence-corrected chi connectivity index (χ4v) is 5.33. The summed E-state index contributed by atoms with van der Waals surface area (Å²) in [5, 5.41) is 4.86. The van der Waals surface area contributed by atoms with Crippen LogP contribution in [0, 0.1) is 5.92 Å². The second kappa shape index (κ2) is 7.21. The van der Waals surface area contributed by atoms with E-state index in [1.165, 1.54) is 60.5 Å².